The molecule has 0 atom stereocenters. The van der Waals surface area contributed by atoms with E-state index in [1.807, 2.05) is 0 Å². The Balaban J connectivity index is 2.32. The number of nitrogens with zero attached hydrogens (tertiary/aromatic N) is 2. The third kappa shape index (κ3) is 4.40. The highest BCUT2D eigenvalue weighted by Crippen LogP contribution is 2.34. The van der Waals surface area contributed by atoms with Crippen LogP contribution in [0.15, 0.2) is 40.9 Å². The van der Waals surface area contributed by atoms with Crippen LogP contribution in [0, 0.1) is 0 Å². The predicted molar refractivity (Wildman–Crippen MR) is 95.6 cm³/mol. The van der Waals surface area contributed by atoms with E-state index in [0.717, 1.165) is 16.1 Å². The van der Waals surface area contributed by atoms with Gasteiger partial charge in [0.05, 0.1) is 11.3 Å². The molecule has 7 nitrogen and oxygen atoms in total. The molecule has 0 aliphatic carbocycles. The summed E-state index contributed by atoms with van der Waals surface area (Å²) in [5.41, 5.74) is 0.304. The topological polar surface area (TPSA) is 105 Å². The molecule has 0 unspecified atom stereocenters. The number of aromatic hydroxyl groups is 1. The van der Waals surface area contributed by atoms with Crippen LogP contribution in [0.3, 0.4) is 0 Å². The van der Waals surface area contributed by atoms with E-state index in [1.54, 1.807) is 18.2 Å². The maximum atomic E-state index is 13.1. The molecule has 0 bridgehead atoms. The Bertz CT molecular complexity index is 805. The smallest absolute Gasteiger partial charge is 0.352 e. The van der Waals surface area contributed by atoms with Gasteiger partial charge >= 0.3 is 6.03 Å². The average molecular weight is 431 g/mol. The molecule has 0 aliphatic heterocycles. The number of amides is 2. The van der Waals surface area contributed by atoms with Gasteiger partial charge in [-0.25, -0.2) is 30.3 Å². The maximum absolute atomic E-state index is 13.1. The van der Waals surface area contributed by atoms with Crippen molar-refractivity contribution in [2.45, 2.75) is 13.0 Å². The van der Waals surface area contributed by atoms with Crippen LogP contribution < -0.4 is 21.4 Å². The predicted octanol–water partition coefficient (Wildman–Crippen LogP) is 3.28. The normalized spacial score (nSPS) is 10.7. The summed E-state index contributed by atoms with van der Waals surface area (Å²) in [6, 6.07) is 7.65. The van der Waals surface area contributed by atoms with Gasteiger partial charge in [0.15, 0.2) is 0 Å². The standard InChI is InChI=1S/C16H17BrF2N4O3/c1-22(20)16(25)23(21)13-4-2-3-12(17)11(13)8-26-14-6-5-9(24)7-10(14)15(18)19/h2-7,15,24H,8,20-21H2,1H3. The number of hydrogen-bond donors (Lipinski definition) is 3. The van der Waals surface area contributed by atoms with E-state index in [-0.39, 0.29) is 18.1 Å². The molecule has 0 fully saturated rings. The Labute approximate surface area is 156 Å². The monoisotopic (exact) mass is 430 g/mol. The Morgan fingerprint density at radius 2 is 2.00 bits per heavy atom. The molecule has 0 saturated carbocycles. The molecule has 5 N–H and O–H groups in total. The van der Waals surface area contributed by atoms with Gasteiger partial charge in [-0.3, -0.25) is 5.01 Å². The van der Waals surface area contributed by atoms with Crippen molar-refractivity contribution in [3.63, 3.8) is 0 Å². The first-order valence-electron chi connectivity index (χ1n) is 7.30. The van der Waals surface area contributed by atoms with Gasteiger partial charge in [-0.05, 0) is 30.3 Å². The maximum Gasteiger partial charge on any atom is 0.352 e. The lowest BCUT2D eigenvalue weighted by molar-refractivity contribution is 0.144. The number of anilines is 1. The van der Waals surface area contributed by atoms with Crippen molar-refractivity contribution in [2.75, 3.05) is 12.1 Å². The molecule has 10 heteroatoms. The molecular formula is C16H17BrF2N4O3. The van der Waals surface area contributed by atoms with Crippen LogP contribution in [0.5, 0.6) is 11.5 Å². The molecule has 2 aromatic carbocycles. The van der Waals surface area contributed by atoms with Gasteiger partial charge in [0.1, 0.15) is 18.1 Å². The van der Waals surface area contributed by atoms with Gasteiger partial charge in [0.2, 0.25) is 0 Å². The second-order valence-corrected chi connectivity index (χ2v) is 6.17. The quantitative estimate of drug-likeness (QED) is 0.383. The summed E-state index contributed by atoms with van der Waals surface area (Å²) in [6.07, 6.45) is -2.82. The van der Waals surface area contributed by atoms with Crippen LogP contribution >= 0.6 is 15.9 Å². The van der Waals surface area contributed by atoms with Crippen molar-refractivity contribution in [3.05, 3.63) is 52.0 Å². The Kier molecular flexibility index (Phi) is 6.35. The molecular weight excluding hydrogens is 414 g/mol. The van der Waals surface area contributed by atoms with Gasteiger partial charge < -0.3 is 9.84 Å². The molecule has 0 radical (unpaired) electrons. The zero-order valence-electron chi connectivity index (χ0n) is 13.7. The van der Waals surface area contributed by atoms with E-state index < -0.39 is 18.0 Å². The van der Waals surface area contributed by atoms with Gasteiger partial charge in [-0.15, -0.1) is 0 Å². The van der Waals surface area contributed by atoms with E-state index in [0.29, 0.717) is 15.7 Å². The molecule has 0 heterocycles. The highest BCUT2D eigenvalue weighted by molar-refractivity contribution is 9.10. The Morgan fingerprint density at radius 1 is 1.31 bits per heavy atom. The summed E-state index contributed by atoms with van der Waals surface area (Å²) in [5.74, 6) is 10.8. The molecule has 0 spiro atoms. The van der Waals surface area contributed by atoms with Crippen LogP contribution in [0.4, 0.5) is 19.3 Å². The lowest BCUT2D eigenvalue weighted by atomic mass is 10.1. The number of halogens is 3. The first kappa shape index (κ1) is 19.9. The van der Waals surface area contributed by atoms with Crippen molar-refractivity contribution in [2.24, 2.45) is 11.7 Å². The first-order chi connectivity index (χ1) is 12.2. The van der Waals surface area contributed by atoms with Crippen LogP contribution in [0.2, 0.25) is 0 Å². The third-order valence-electron chi connectivity index (χ3n) is 3.46. The number of phenols is 1. The summed E-state index contributed by atoms with van der Waals surface area (Å²) >= 11 is 3.33. The van der Waals surface area contributed by atoms with Gasteiger partial charge in [-0.2, -0.15) is 0 Å². The van der Waals surface area contributed by atoms with Crippen LogP contribution in [0.1, 0.15) is 17.6 Å². The van der Waals surface area contributed by atoms with Gasteiger partial charge in [-0.1, -0.05) is 22.0 Å². The zero-order valence-corrected chi connectivity index (χ0v) is 15.3. The number of ether oxygens (including phenoxy) is 1. The number of hydrogen-bond acceptors (Lipinski definition) is 5. The first-order valence-corrected chi connectivity index (χ1v) is 8.10. The Morgan fingerprint density at radius 3 is 2.62 bits per heavy atom. The Hall–Kier alpha value is -2.43. The fourth-order valence-electron chi connectivity index (χ4n) is 2.18. The molecule has 2 aromatic rings. The number of benzene rings is 2. The third-order valence-corrected chi connectivity index (χ3v) is 4.20. The highest BCUT2D eigenvalue weighted by Gasteiger charge is 2.21. The van der Waals surface area contributed by atoms with Crippen molar-refractivity contribution in [1.82, 2.24) is 5.01 Å². The van der Waals surface area contributed by atoms with E-state index >= 15 is 0 Å². The number of carbonyl (C=O) groups is 1. The highest BCUT2D eigenvalue weighted by atomic mass is 79.9. The second kappa shape index (κ2) is 8.30. The summed E-state index contributed by atoms with van der Waals surface area (Å²) in [7, 11) is 1.34. The summed E-state index contributed by atoms with van der Waals surface area (Å²) in [5, 5.41) is 11.0. The van der Waals surface area contributed by atoms with Crippen molar-refractivity contribution in [1.29, 1.82) is 0 Å². The van der Waals surface area contributed by atoms with Crippen LogP contribution in [-0.2, 0) is 6.61 Å². The van der Waals surface area contributed by atoms with Gasteiger partial charge in [0.25, 0.3) is 6.43 Å². The number of rotatable bonds is 5. The lowest BCUT2D eigenvalue weighted by Gasteiger charge is -2.24. The summed E-state index contributed by atoms with van der Waals surface area (Å²) < 4.78 is 32.3. The van der Waals surface area contributed by atoms with Gasteiger partial charge in [0, 0.05) is 17.1 Å². The SMILES string of the molecule is CN(N)C(=O)N(N)c1cccc(Br)c1COc1ccc(O)cc1C(F)F. The van der Waals surface area contributed by atoms with Crippen molar-refractivity contribution in [3.8, 4) is 11.5 Å². The van der Waals surface area contributed by atoms with E-state index in [1.165, 1.54) is 19.2 Å². The lowest BCUT2D eigenvalue weighted by Crippen LogP contribution is -2.49. The molecule has 26 heavy (non-hydrogen) atoms. The number of hydrazine groups is 2. The minimum absolute atomic E-state index is 0.0923. The number of urea groups is 1. The number of alkyl halides is 2. The molecule has 0 aromatic heterocycles. The number of carbonyl (C=O) groups excluding carboxylic acids is 1. The van der Waals surface area contributed by atoms with Crippen LogP contribution in [-0.4, -0.2) is 23.2 Å². The minimum atomic E-state index is -2.82. The zero-order chi connectivity index (χ0) is 19.4. The molecule has 0 saturated heterocycles. The molecule has 0 aliphatic rings. The molecule has 140 valence electrons. The average Bonchev–Trinajstić information content (AvgIpc) is 2.59. The number of nitrogens with two attached hydrogens (primary N) is 2. The minimum Gasteiger partial charge on any atom is -0.508 e. The molecule has 2 amide bonds. The van der Waals surface area contributed by atoms with E-state index in [9.17, 15) is 18.7 Å². The van der Waals surface area contributed by atoms with Crippen molar-refractivity contribution >= 4 is 27.6 Å². The van der Waals surface area contributed by atoms with Crippen molar-refractivity contribution < 1.29 is 23.4 Å². The largest absolute Gasteiger partial charge is 0.508 e. The molecule has 2 rings (SSSR count). The summed E-state index contributed by atoms with van der Waals surface area (Å²) in [6.45, 7) is -0.156. The van der Waals surface area contributed by atoms with E-state index in [2.05, 4.69) is 15.9 Å². The van der Waals surface area contributed by atoms with E-state index in [4.69, 9.17) is 16.4 Å². The fourth-order valence-corrected chi connectivity index (χ4v) is 2.65. The summed E-state index contributed by atoms with van der Waals surface area (Å²) in [4.78, 5) is 12.0. The van der Waals surface area contributed by atoms with Crippen LogP contribution in [0.25, 0.3) is 0 Å². The fraction of sp³-hybridized carbons (Fsp3) is 0.188. The second-order valence-electron chi connectivity index (χ2n) is 5.31. The number of phenolic OH excluding ortho intramolecular Hbond substituents is 1.